The minimum atomic E-state index is -1.02. The van der Waals surface area contributed by atoms with Gasteiger partial charge in [0.1, 0.15) is 12.1 Å². The average Bonchev–Trinajstić information content (AvgIpc) is 3.46. The zero-order valence-electron chi connectivity index (χ0n) is 21.1. The van der Waals surface area contributed by atoms with Gasteiger partial charge >= 0.3 is 6.03 Å². The summed E-state index contributed by atoms with van der Waals surface area (Å²) < 4.78 is 11.5. The lowest BCUT2D eigenvalue weighted by atomic mass is 10.0. The zero-order chi connectivity index (χ0) is 25.3. The molecule has 2 aliphatic rings. The van der Waals surface area contributed by atoms with Crippen molar-refractivity contribution in [1.29, 1.82) is 0 Å². The van der Waals surface area contributed by atoms with E-state index >= 15 is 0 Å². The molecule has 2 saturated heterocycles. The van der Waals surface area contributed by atoms with Gasteiger partial charge in [-0.05, 0) is 69.6 Å². The van der Waals surface area contributed by atoms with Gasteiger partial charge in [-0.15, -0.1) is 0 Å². The molecule has 3 amide bonds. The highest BCUT2D eigenvalue weighted by atomic mass is 16.5. The molecule has 0 radical (unpaired) electrons. The van der Waals surface area contributed by atoms with Crippen LogP contribution in [-0.2, 0) is 11.3 Å². The molecule has 0 unspecified atom stereocenters. The van der Waals surface area contributed by atoms with Crippen molar-refractivity contribution >= 4 is 28.5 Å². The Hall–Kier alpha value is -3.65. The fourth-order valence-electron chi connectivity index (χ4n) is 5.00. The van der Waals surface area contributed by atoms with Gasteiger partial charge in [0, 0.05) is 30.7 Å². The van der Waals surface area contributed by atoms with E-state index in [1.165, 1.54) is 17.7 Å². The molecule has 3 aromatic rings. The minimum absolute atomic E-state index is 0.279. The fraction of sp³-hybridized carbons (Fsp3) is 0.393. The second kappa shape index (κ2) is 9.78. The third-order valence-corrected chi connectivity index (χ3v) is 7.16. The summed E-state index contributed by atoms with van der Waals surface area (Å²) in [6, 6.07) is 14.5. The maximum Gasteiger partial charge on any atom is 0.332 e. The summed E-state index contributed by atoms with van der Waals surface area (Å²) in [5, 5.41) is 0.965. The Labute approximate surface area is 211 Å². The molecule has 0 spiro atoms. The van der Waals surface area contributed by atoms with E-state index in [4.69, 9.17) is 9.47 Å². The molecule has 5 rings (SSSR count). The number of carbonyl (C=O) groups excluding carboxylic acids is 2. The quantitative estimate of drug-likeness (QED) is 0.436. The van der Waals surface area contributed by atoms with Crippen LogP contribution in [0.1, 0.15) is 32.3 Å². The Morgan fingerprint density at radius 2 is 1.78 bits per heavy atom. The monoisotopic (exact) mass is 488 g/mol. The molecule has 8 heteroatoms. The lowest BCUT2D eigenvalue weighted by molar-refractivity contribution is -0.123. The first-order chi connectivity index (χ1) is 17.4. The number of pyridine rings is 1. The van der Waals surface area contributed by atoms with Crippen molar-refractivity contribution in [3.8, 4) is 11.5 Å². The first-order valence-corrected chi connectivity index (χ1v) is 12.4. The number of aromatic nitrogens is 1. The van der Waals surface area contributed by atoms with Crippen LogP contribution in [0.3, 0.4) is 0 Å². The maximum atomic E-state index is 13.7. The summed E-state index contributed by atoms with van der Waals surface area (Å²) in [6.07, 6.45) is 4.18. The second-order valence-electron chi connectivity index (χ2n) is 9.79. The minimum Gasteiger partial charge on any atom is -0.493 e. The number of rotatable bonds is 8. The number of urea groups is 1. The summed E-state index contributed by atoms with van der Waals surface area (Å²) in [5.74, 6) is 0.809. The van der Waals surface area contributed by atoms with Crippen LogP contribution in [0.5, 0.6) is 11.5 Å². The van der Waals surface area contributed by atoms with E-state index in [1.54, 1.807) is 50.3 Å². The molecule has 0 saturated carbocycles. The van der Waals surface area contributed by atoms with Crippen molar-refractivity contribution in [1.82, 2.24) is 14.8 Å². The second-order valence-corrected chi connectivity index (χ2v) is 9.79. The van der Waals surface area contributed by atoms with Gasteiger partial charge in [-0.3, -0.25) is 14.7 Å². The molecule has 2 fully saturated rings. The molecular formula is C28H32N4O4. The van der Waals surface area contributed by atoms with Crippen LogP contribution in [-0.4, -0.2) is 65.6 Å². The first-order valence-electron chi connectivity index (χ1n) is 12.4. The molecule has 8 nitrogen and oxygen atoms in total. The number of likely N-dealkylation sites (tertiary alicyclic amines) is 1. The van der Waals surface area contributed by atoms with Gasteiger partial charge in [-0.1, -0.05) is 18.2 Å². The number of ether oxygens (including phenoxy) is 2. The lowest BCUT2D eigenvalue weighted by Gasteiger charge is -2.28. The molecule has 2 aliphatic heterocycles. The SMILES string of the molecule is COc1ccc(N2C(=O)N(Cc3ccnc4ccccc34)C(C)(C)C2=O)cc1OCCN1CCCC1. The van der Waals surface area contributed by atoms with Crippen LogP contribution < -0.4 is 14.4 Å². The van der Waals surface area contributed by atoms with Crippen LogP contribution >= 0.6 is 0 Å². The number of amides is 3. The molecule has 0 N–H and O–H groups in total. The Kier molecular flexibility index (Phi) is 6.53. The van der Waals surface area contributed by atoms with Gasteiger partial charge in [0.05, 0.1) is 18.3 Å². The van der Waals surface area contributed by atoms with Gasteiger partial charge in [0.15, 0.2) is 11.5 Å². The van der Waals surface area contributed by atoms with E-state index in [2.05, 4.69) is 9.88 Å². The number of benzene rings is 2. The van der Waals surface area contributed by atoms with Gasteiger partial charge in [-0.2, -0.15) is 0 Å². The van der Waals surface area contributed by atoms with Crippen LogP contribution in [0.4, 0.5) is 10.5 Å². The maximum absolute atomic E-state index is 13.7. The zero-order valence-corrected chi connectivity index (χ0v) is 21.1. The summed E-state index contributed by atoms with van der Waals surface area (Å²) in [6.45, 7) is 7.39. The highest BCUT2D eigenvalue weighted by Gasteiger charge is 2.52. The van der Waals surface area contributed by atoms with Crippen molar-refractivity contribution in [2.24, 2.45) is 0 Å². The van der Waals surface area contributed by atoms with E-state index < -0.39 is 5.54 Å². The molecule has 2 aromatic carbocycles. The average molecular weight is 489 g/mol. The molecule has 36 heavy (non-hydrogen) atoms. The van der Waals surface area contributed by atoms with Crippen molar-refractivity contribution in [3.05, 3.63) is 60.3 Å². The van der Waals surface area contributed by atoms with Gasteiger partial charge in [0.2, 0.25) is 0 Å². The Balaban J connectivity index is 1.40. The number of fused-ring (bicyclic) bond motifs is 1. The largest absolute Gasteiger partial charge is 0.493 e. The number of imide groups is 1. The smallest absolute Gasteiger partial charge is 0.332 e. The van der Waals surface area contributed by atoms with Crippen LogP contribution in [0, 0.1) is 0 Å². The number of anilines is 1. The first kappa shape index (κ1) is 24.1. The topological polar surface area (TPSA) is 75.2 Å². The van der Waals surface area contributed by atoms with E-state index in [1.807, 2.05) is 30.3 Å². The number of methoxy groups -OCH3 is 1. The normalized spacial score (nSPS) is 17.9. The Morgan fingerprint density at radius 3 is 2.56 bits per heavy atom. The van der Waals surface area contributed by atoms with Crippen LogP contribution in [0.25, 0.3) is 10.9 Å². The standard InChI is InChI=1S/C28H32N4O4/c1-28(2)26(33)32(27(34)31(28)19-20-12-13-29-23-9-5-4-8-22(20)23)21-10-11-24(35-3)25(18-21)36-17-16-30-14-6-7-15-30/h4-5,8-13,18H,6-7,14-17,19H2,1-3H3. The number of hydrogen-bond acceptors (Lipinski definition) is 6. The Bertz CT molecular complexity index is 1280. The molecule has 0 bridgehead atoms. The van der Waals surface area contributed by atoms with Crippen molar-refractivity contribution < 1.29 is 19.1 Å². The molecular weight excluding hydrogens is 456 g/mol. The van der Waals surface area contributed by atoms with E-state index in [0.29, 0.717) is 30.3 Å². The summed E-state index contributed by atoms with van der Waals surface area (Å²) >= 11 is 0. The third kappa shape index (κ3) is 4.37. The third-order valence-electron chi connectivity index (χ3n) is 7.16. The number of carbonyl (C=O) groups is 2. The summed E-state index contributed by atoms with van der Waals surface area (Å²) in [7, 11) is 1.58. The fourth-order valence-corrected chi connectivity index (χ4v) is 5.00. The van der Waals surface area contributed by atoms with E-state index in [9.17, 15) is 9.59 Å². The van der Waals surface area contributed by atoms with Gasteiger partial charge < -0.3 is 14.4 Å². The predicted molar refractivity (Wildman–Crippen MR) is 138 cm³/mol. The van der Waals surface area contributed by atoms with Crippen LogP contribution in [0.2, 0.25) is 0 Å². The molecule has 3 heterocycles. The summed E-state index contributed by atoms with van der Waals surface area (Å²) in [4.78, 5) is 36.8. The summed E-state index contributed by atoms with van der Waals surface area (Å²) in [5.41, 5.74) is 1.25. The van der Waals surface area contributed by atoms with Crippen LogP contribution in [0.15, 0.2) is 54.7 Å². The van der Waals surface area contributed by atoms with E-state index in [0.717, 1.165) is 36.1 Å². The predicted octanol–water partition coefficient (Wildman–Crippen LogP) is 4.47. The molecule has 188 valence electrons. The highest BCUT2D eigenvalue weighted by Crippen LogP contribution is 2.38. The highest BCUT2D eigenvalue weighted by molar-refractivity contribution is 6.23. The van der Waals surface area contributed by atoms with Crippen molar-refractivity contribution in [2.75, 3.05) is 38.3 Å². The molecule has 0 atom stereocenters. The van der Waals surface area contributed by atoms with Crippen molar-refractivity contribution in [3.63, 3.8) is 0 Å². The number of para-hydroxylation sites is 1. The molecule has 0 aliphatic carbocycles. The van der Waals surface area contributed by atoms with Gasteiger partial charge in [0.25, 0.3) is 5.91 Å². The van der Waals surface area contributed by atoms with Gasteiger partial charge in [-0.25, -0.2) is 9.69 Å². The van der Waals surface area contributed by atoms with E-state index in [-0.39, 0.29) is 11.9 Å². The Morgan fingerprint density at radius 1 is 1.00 bits per heavy atom. The lowest BCUT2D eigenvalue weighted by Crippen LogP contribution is -2.43. The number of hydrogen-bond donors (Lipinski definition) is 0. The molecule has 1 aromatic heterocycles. The van der Waals surface area contributed by atoms with Crippen molar-refractivity contribution in [2.45, 2.75) is 38.8 Å². The number of nitrogens with zero attached hydrogens (tertiary/aromatic N) is 4.